The molecule has 0 aliphatic heterocycles. The van der Waals surface area contributed by atoms with Crippen LogP contribution in [0.4, 0.5) is 0 Å². The molecular formula is C13H16N2O2. The van der Waals surface area contributed by atoms with Crippen LogP contribution in [0.15, 0.2) is 12.3 Å². The van der Waals surface area contributed by atoms with Crippen LogP contribution in [-0.2, 0) is 14.9 Å². The van der Waals surface area contributed by atoms with Crippen LogP contribution < -0.4 is 0 Å². The minimum absolute atomic E-state index is 0.191. The first-order valence-corrected chi connectivity index (χ1v) is 6.18. The number of ether oxygens (including phenoxy) is 1. The molecule has 1 aromatic rings. The van der Waals surface area contributed by atoms with Crippen molar-refractivity contribution in [3.05, 3.63) is 23.8 Å². The number of nitrogens with zero attached hydrogens (tertiary/aromatic N) is 2. The Hall–Kier alpha value is -1.45. The van der Waals surface area contributed by atoms with Gasteiger partial charge < -0.3 is 4.74 Å². The number of carbonyl (C=O) groups is 1. The minimum Gasteiger partial charge on any atom is -0.468 e. The van der Waals surface area contributed by atoms with Crippen molar-refractivity contribution in [3.63, 3.8) is 0 Å². The van der Waals surface area contributed by atoms with Crippen LogP contribution in [0, 0.1) is 0 Å². The first-order chi connectivity index (χ1) is 8.26. The molecule has 2 saturated carbocycles. The van der Waals surface area contributed by atoms with Gasteiger partial charge in [0, 0.05) is 17.8 Å². The molecule has 1 heterocycles. The molecule has 2 fully saturated rings. The van der Waals surface area contributed by atoms with Crippen LogP contribution in [0.2, 0.25) is 0 Å². The highest BCUT2D eigenvalue weighted by atomic mass is 16.5. The van der Waals surface area contributed by atoms with E-state index in [-0.39, 0.29) is 5.97 Å². The van der Waals surface area contributed by atoms with Gasteiger partial charge in [0.25, 0.3) is 0 Å². The summed E-state index contributed by atoms with van der Waals surface area (Å²) in [6.07, 6.45) is 7.11. The number of carbonyl (C=O) groups excluding carboxylic acids is 1. The molecular weight excluding hydrogens is 216 g/mol. The molecule has 0 spiro atoms. The van der Waals surface area contributed by atoms with E-state index in [2.05, 4.69) is 9.97 Å². The van der Waals surface area contributed by atoms with Gasteiger partial charge in [-0.15, -0.1) is 0 Å². The van der Waals surface area contributed by atoms with Crippen LogP contribution in [-0.4, -0.2) is 23.0 Å². The SMILES string of the molecule is COC(=O)C1(c2nccc(C3CCC3)n2)CC1. The predicted molar refractivity (Wildman–Crippen MR) is 61.6 cm³/mol. The van der Waals surface area contributed by atoms with Crippen LogP contribution in [0.1, 0.15) is 49.5 Å². The van der Waals surface area contributed by atoms with Gasteiger partial charge in [-0.3, -0.25) is 4.79 Å². The molecule has 1 aromatic heterocycles. The summed E-state index contributed by atoms with van der Waals surface area (Å²) in [7, 11) is 1.43. The third-order valence-electron chi connectivity index (χ3n) is 3.95. The zero-order chi connectivity index (χ0) is 11.9. The Balaban J connectivity index is 1.90. The minimum atomic E-state index is -0.533. The molecule has 3 rings (SSSR count). The van der Waals surface area contributed by atoms with Crippen molar-refractivity contribution >= 4 is 5.97 Å². The summed E-state index contributed by atoms with van der Waals surface area (Å²) in [5.74, 6) is 1.04. The number of methoxy groups -OCH3 is 1. The Kier molecular flexibility index (Phi) is 2.38. The highest BCUT2D eigenvalue weighted by molar-refractivity contribution is 5.85. The lowest BCUT2D eigenvalue weighted by Gasteiger charge is -2.25. The van der Waals surface area contributed by atoms with E-state index in [1.165, 1.54) is 26.4 Å². The van der Waals surface area contributed by atoms with Gasteiger partial charge in [0.2, 0.25) is 0 Å². The summed E-state index contributed by atoms with van der Waals surface area (Å²) in [4.78, 5) is 20.6. The molecule has 0 aromatic carbocycles. The molecule has 0 unspecified atom stereocenters. The van der Waals surface area contributed by atoms with Crippen molar-refractivity contribution in [1.82, 2.24) is 9.97 Å². The summed E-state index contributed by atoms with van der Waals surface area (Å²) in [5, 5.41) is 0. The van der Waals surface area contributed by atoms with Crippen LogP contribution in [0.5, 0.6) is 0 Å². The number of rotatable bonds is 3. The maximum atomic E-state index is 11.8. The molecule has 17 heavy (non-hydrogen) atoms. The average Bonchev–Trinajstić information content (AvgIpc) is 3.07. The van der Waals surface area contributed by atoms with Gasteiger partial charge in [0.05, 0.1) is 7.11 Å². The Bertz CT molecular complexity index is 450. The maximum absolute atomic E-state index is 11.8. The maximum Gasteiger partial charge on any atom is 0.319 e. The molecule has 0 atom stereocenters. The molecule has 2 aliphatic rings. The monoisotopic (exact) mass is 232 g/mol. The zero-order valence-electron chi connectivity index (χ0n) is 9.98. The molecule has 90 valence electrons. The second-order valence-corrected chi connectivity index (χ2v) is 5.01. The van der Waals surface area contributed by atoms with E-state index < -0.39 is 5.41 Å². The van der Waals surface area contributed by atoms with Crippen molar-refractivity contribution < 1.29 is 9.53 Å². The van der Waals surface area contributed by atoms with Gasteiger partial charge in [0.15, 0.2) is 0 Å². The molecule has 0 amide bonds. The summed E-state index contributed by atoms with van der Waals surface area (Å²) >= 11 is 0. The van der Waals surface area contributed by atoms with Crippen molar-refractivity contribution in [2.24, 2.45) is 0 Å². The average molecular weight is 232 g/mol. The van der Waals surface area contributed by atoms with Crippen LogP contribution >= 0.6 is 0 Å². The van der Waals surface area contributed by atoms with E-state index in [9.17, 15) is 4.79 Å². The fraction of sp³-hybridized carbons (Fsp3) is 0.615. The first kappa shape index (κ1) is 10.7. The third kappa shape index (κ3) is 1.63. The zero-order valence-corrected chi connectivity index (χ0v) is 9.98. The van der Waals surface area contributed by atoms with Crippen molar-refractivity contribution in [2.45, 2.75) is 43.4 Å². The molecule has 0 saturated heterocycles. The Morgan fingerprint density at radius 1 is 1.47 bits per heavy atom. The Labute approximate surface area is 100 Å². The summed E-state index contributed by atoms with van der Waals surface area (Å²) in [6.45, 7) is 0. The van der Waals surface area contributed by atoms with Gasteiger partial charge >= 0.3 is 5.97 Å². The number of hydrogen-bond donors (Lipinski definition) is 0. The molecule has 0 N–H and O–H groups in total. The highest BCUT2D eigenvalue weighted by Crippen LogP contribution is 2.48. The van der Waals surface area contributed by atoms with E-state index in [0.717, 1.165) is 18.5 Å². The predicted octanol–water partition coefficient (Wildman–Crippen LogP) is 1.95. The second-order valence-electron chi connectivity index (χ2n) is 5.01. The standard InChI is InChI=1S/C13H16N2O2/c1-17-12(16)13(6-7-13)11-14-8-5-10(15-11)9-3-2-4-9/h5,8-9H,2-4,6-7H2,1H3. The fourth-order valence-electron chi connectivity index (χ4n) is 2.37. The van der Waals surface area contributed by atoms with Gasteiger partial charge in [0.1, 0.15) is 11.2 Å². The topological polar surface area (TPSA) is 52.1 Å². The third-order valence-corrected chi connectivity index (χ3v) is 3.95. The highest BCUT2D eigenvalue weighted by Gasteiger charge is 2.55. The number of esters is 1. The van der Waals surface area contributed by atoms with Crippen molar-refractivity contribution in [1.29, 1.82) is 0 Å². The summed E-state index contributed by atoms with van der Waals surface area (Å²) in [6, 6.07) is 1.97. The smallest absolute Gasteiger partial charge is 0.319 e. The van der Waals surface area contributed by atoms with E-state index in [1.807, 2.05) is 6.07 Å². The number of hydrogen-bond acceptors (Lipinski definition) is 4. The van der Waals surface area contributed by atoms with E-state index >= 15 is 0 Å². The summed E-state index contributed by atoms with van der Waals surface area (Å²) in [5.41, 5.74) is 0.561. The normalized spacial score (nSPS) is 21.7. The van der Waals surface area contributed by atoms with Crippen molar-refractivity contribution in [2.75, 3.05) is 7.11 Å². The van der Waals surface area contributed by atoms with Gasteiger partial charge in [-0.2, -0.15) is 0 Å². The number of aromatic nitrogens is 2. The van der Waals surface area contributed by atoms with Gasteiger partial charge in [-0.1, -0.05) is 6.42 Å². The van der Waals surface area contributed by atoms with Gasteiger partial charge in [-0.05, 0) is 31.7 Å². The Morgan fingerprint density at radius 3 is 2.76 bits per heavy atom. The summed E-state index contributed by atoms with van der Waals surface area (Å²) < 4.78 is 4.85. The molecule has 4 nitrogen and oxygen atoms in total. The van der Waals surface area contributed by atoms with Crippen molar-refractivity contribution in [3.8, 4) is 0 Å². The molecule has 2 aliphatic carbocycles. The largest absolute Gasteiger partial charge is 0.468 e. The van der Waals surface area contributed by atoms with E-state index in [1.54, 1.807) is 6.20 Å². The molecule has 0 bridgehead atoms. The first-order valence-electron chi connectivity index (χ1n) is 6.18. The lowest BCUT2D eigenvalue weighted by atomic mass is 9.83. The van der Waals surface area contributed by atoms with Crippen LogP contribution in [0.3, 0.4) is 0 Å². The lowest BCUT2D eigenvalue weighted by Crippen LogP contribution is -2.25. The quantitative estimate of drug-likeness (QED) is 0.747. The molecule has 0 radical (unpaired) electrons. The second kappa shape index (κ2) is 3.79. The van der Waals surface area contributed by atoms with E-state index in [4.69, 9.17) is 4.74 Å². The van der Waals surface area contributed by atoms with Crippen LogP contribution in [0.25, 0.3) is 0 Å². The Morgan fingerprint density at radius 2 is 2.24 bits per heavy atom. The molecule has 4 heteroatoms. The van der Waals surface area contributed by atoms with Gasteiger partial charge in [-0.25, -0.2) is 9.97 Å². The fourth-order valence-corrected chi connectivity index (χ4v) is 2.37. The van der Waals surface area contributed by atoms with E-state index in [0.29, 0.717) is 11.7 Å². The lowest BCUT2D eigenvalue weighted by molar-refractivity contribution is -0.143.